The molecule has 0 unspecified atom stereocenters. The van der Waals surface area contributed by atoms with E-state index in [1.54, 1.807) is 0 Å². The molecule has 0 bridgehead atoms. The molecule has 0 aromatic carbocycles. The largest absolute Gasteiger partial charge is 0.501 e. The fourth-order valence-corrected chi connectivity index (χ4v) is 1.12. The van der Waals surface area contributed by atoms with Gasteiger partial charge in [0.05, 0.1) is 5.56 Å². The maximum Gasteiger partial charge on any atom is 0.406 e. The summed E-state index contributed by atoms with van der Waals surface area (Å²) in [4.78, 5) is 22.9. The number of nitrogens with zero attached hydrogens (tertiary/aromatic N) is 2. The van der Waals surface area contributed by atoms with Crippen molar-refractivity contribution in [2.24, 2.45) is 0 Å². The summed E-state index contributed by atoms with van der Waals surface area (Å²) >= 11 is 4.94. The average Bonchev–Trinajstić information content (AvgIpc) is 2.15. The minimum absolute atomic E-state index is 0.394. The van der Waals surface area contributed by atoms with E-state index in [0.717, 1.165) is 0 Å². The van der Waals surface area contributed by atoms with E-state index in [0.29, 0.717) is 6.07 Å². The van der Waals surface area contributed by atoms with Gasteiger partial charge in [-0.1, -0.05) is 0 Å². The number of nitro groups is 1. The Hall–Kier alpha value is -1.83. The molecule has 1 rings (SSSR count). The lowest BCUT2D eigenvalue weighted by molar-refractivity contribution is -0.390. The van der Waals surface area contributed by atoms with Crippen LogP contribution in [0.15, 0.2) is 6.07 Å². The number of aromatic hydroxyl groups is 1. The molecular formula is C7H3ClF2N2O4. The van der Waals surface area contributed by atoms with E-state index in [-0.39, 0.29) is 0 Å². The van der Waals surface area contributed by atoms with Crippen LogP contribution in [0.4, 0.5) is 14.6 Å². The molecule has 9 heteroatoms. The standard InChI is InChI=1S/C7H3ClF2N2O4/c8-5(14)4-2(6(9)10)1-3(13)7(11-4)12(15)16/h1,6,13H. The quantitative estimate of drug-likeness (QED) is 0.504. The molecule has 0 aliphatic carbocycles. The van der Waals surface area contributed by atoms with Crippen molar-refractivity contribution < 1.29 is 23.6 Å². The number of pyridine rings is 1. The highest BCUT2D eigenvalue weighted by Gasteiger charge is 2.29. The van der Waals surface area contributed by atoms with Crippen LogP contribution in [0.3, 0.4) is 0 Å². The van der Waals surface area contributed by atoms with E-state index < -0.39 is 39.4 Å². The number of aromatic nitrogens is 1. The van der Waals surface area contributed by atoms with Crippen LogP contribution in [0.5, 0.6) is 5.75 Å². The van der Waals surface area contributed by atoms with Gasteiger partial charge < -0.3 is 15.2 Å². The van der Waals surface area contributed by atoms with Gasteiger partial charge in [0.15, 0.2) is 0 Å². The van der Waals surface area contributed by atoms with E-state index in [1.807, 2.05) is 0 Å². The Balaban J connectivity index is 3.49. The van der Waals surface area contributed by atoms with Gasteiger partial charge in [-0.15, -0.1) is 0 Å². The molecule has 1 aromatic heterocycles. The Labute approximate surface area is 91.6 Å². The minimum atomic E-state index is -3.13. The van der Waals surface area contributed by atoms with Crippen LogP contribution < -0.4 is 0 Å². The summed E-state index contributed by atoms with van der Waals surface area (Å²) in [5.41, 5.74) is -1.90. The average molecular weight is 253 g/mol. The maximum absolute atomic E-state index is 12.4. The second-order valence-electron chi connectivity index (χ2n) is 2.60. The highest BCUT2D eigenvalue weighted by molar-refractivity contribution is 6.67. The van der Waals surface area contributed by atoms with Gasteiger partial charge >= 0.3 is 5.82 Å². The first-order valence-electron chi connectivity index (χ1n) is 3.71. The number of hydrogen-bond acceptors (Lipinski definition) is 5. The molecule has 0 fully saturated rings. The summed E-state index contributed by atoms with van der Waals surface area (Å²) in [5.74, 6) is -2.16. The van der Waals surface area contributed by atoms with Gasteiger partial charge in [0.25, 0.3) is 11.7 Å². The first kappa shape index (κ1) is 12.2. The van der Waals surface area contributed by atoms with E-state index in [2.05, 4.69) is 4.98 Å². The van der Waals surface area contributed by atoms with Crippen molar-refractivity contribution >= 4 is 22.7 Å². The molecule has 86 valence electrons. The van der Waals surface area contributed by atoms with Crippen molar-refractivity contribution in [3.8, 4) is 5.75 Å². The molecule has 0 spiro atoms. The van der Waals surface area contributed by atoms with Gasteiger partial charge in [-0.2, -0.15) is 0 Å². The molecule has 6 nitrogen and oxygen atoms in total. The Bertz CT molecular complexity index is 466. The number of carbonyl (C=O) groups is 1. The number of halogens is 3. The van der Waals surface area contributed by atoms with Crippen LogP contribution in [-0.2, 0) is 0 Å². The van der Waals surface area contributed by atoms with E-state index in [4.69, 9.17) is 16.7 Å². The second kappa shape index (κ2) is 4.35. The minimum Gasteiger partial charge on any atom is -0.501 e. The number of carbonyl (C=O) groups excluding carboxylic acids is 1. The van der Waals surface area contributed by atoms with E-state index in [9.17, 15) is 23.7 Å². The van der Waals surface area contributed by atoms with Gasteiger partial charge in [0.2, 0.25) is 11.4 Å². The van der Waals surface area contributed by atoms with Crippen LogP contribution >= 0.6 is 11.6 Å². The molecule has 1 N–H and O–H groups in total. The zero-order valence-electron chi connectivity index (χ0n) is 7.35. The molecule has 16 heavy (non-hydrogen) atoms. The first-order valence-corrected chi connectivity index (χ1v) is 4.08. The molecule has 0 radical (unpaired) electrons. The normalized spacial score (nSPS) is 10.5. The molecule has 0 aliphatic heterocycles. The summed E-state index contributed by atoms with van der Waals surface area (Å²) in [5, 5.41) is 18.0. The molecule has 1 aromatic rings. The van der Waals surface area contributed by atoms with Crippen molar-refractivity contribution in [1.29, 1.82) is 0 Å². The summed E-state index contributed by atoms with van der Waals surface area (Å²) < 4.78 is 24.7. The fraction of sp³-hybridized carbons (Fsp3) is 0.143. The predicted octanol–water partition coefficient (Wildman–Crippen LogP) is 2.01. The second-order valence-corrected chi connectivity index (χ2v) is 2.94. The Morgan fingerprint density at radius 3 is 2.56 bits per heavy atom. The fourth-order valence-electron chi connectivity index (χ4n) is 0.966. The third kappa shape index (κ3) is 2.22. The van der Waals surface area contributed by atoms with Crippen LogP contribution in [0.1, 0.15) is 22.5 Å². The van der Waals surface area contributed by atoms with Crippen molar-refractivity contribution in [3.63, 3.8) is 0 Å². The molecular weight excluding hydrogens is 250 g/mol. The smallest absolute Gasteiger partial charge is 0.406 e. The highest BCUT2D eigenvalue weighted by Crippen LogP contribution is 2.31. The van der Waals surface area contributed by atoms with Gasteiger partial charge in [-0.3, -0.25) is 4.79 Å². The van der Waals surface area contributed by atoms with Gasteiger partial charge in [0.1, 0.15) is 0 Å². The number of hydrogen-bond donors (Lipinski definition) is 1. The molecule has 1 heterocycles. The predicted molar refractivity (Wildman–Crippen MR) is 47.7 cm³/mol. The van der Waals surface area contributed by atoms with Crippen LogP contribution in [0.2, 0.25) is 0 Å². The van der Waals surface area contributed by atoms with Gasteiger partial charge in [-0.25, -0.2) is 8.78 Å². The number of alkyl halides is 2. The van der Waals surface area contributed by atoms with E-state index >= 15 is 0 Å². The molecule has 0 aliphatic rings. The van der Waals surface area contributed by atoms with E-state index in [1.165, 1.54) is 0 Å². The molecule has 0 atom stereocenters. The lowest BCUT2D eigenvalue weighted by Crippen LogP contribution is -2.05. The summed E-state index contributed by atoms with van der Waals surface area (Å²) in [6.07, 6.45) is -3.13. The Kier molecular flexibility index (Phi) is 3.33. The number of rotatable bonds is 3. The van der Waals surface area contributed by atoms with Gasteiger partial charge in [-0.05, 0) is 21.5 Å². The summed E-state index contributed by atoms with van der Waals surface area (Å²) in [6, 6.07) is 0.394. The monoisotopic (exact) mass is 252 g/mol. The van der Waals surface area contributed by atoms with Crippen molar-refractivity contribution in [1.82, 2.24) is 4.98 Å². The van der Waals surface area contributed by atoms with Crippen LogP contribution in [0, 0.1) is 10.1 Å². The van der Waals surface area contributed by atoms with Crippen LogP contribution in [-0.4, -0.2) is 20.3 Å². The maximum atomic E-state index is 12.4. The molecule has 0 saturated heterocycles. The van der Waals surface area contributed by atoms with Crippen LogP contribution in [0.25, 0.3) is 0 Å². The zero-order valence-corrected chi connectivity index (χ0v) is 8.11. The Morgan fingerprint density at radius 2 is 2.19 bits per heavy atom. The van der Waals surface area contributed by atoms with Crippen molar-refractivity contribution in [2.45, 2.75) is 6.43 Å². The van der Waals surface area contributed by atoms with Gasteiger partial charge in [0, 0.05) is 6.07 Å². The molecule has 0 saturated carbocycles. The van der Waals surface area contributed by atoms with Crippen molar-refractivity contribution in [3.05, 3.63) is 27.4 Å². The third-order valence-electron chi connectivity index (χ3n) is 1.61. The lowest BCUT2D eigenvalue weighted by Gasteiger charge is -2.02. The Morgan fingerprint density at radius 1 is 1.62 bits per heavy atom. The summed E-state index contributed by atoms with van der Waals surface area (Å²) in [6.45, 7) is 0. The SMILES string of the molecule is O=C(Cl)c1nc([N+](=O)[O-])c(O)cc1C(F)F. The lowest BCUT2D eigenvalue weighted by atomic mass is 10.2. The first-order chi connectivity index (χ1) is 7.34. The zero-order chi connectivity index (χ0) is 12.5. The highest BCUT2D eigenvalue weighted by atomic mass is 35.5. The molecule has 0 amide bonds. The summed E-state index contributed by atoms with van der Waals surface area (Å²) in [7, 11) is 0. The van der Waals surface area contributed by atoms with Crippen molar-refractivity contribution in [2.75, 3.05) is 0 Å². The third-order valence-corrected chi connectivity index (χ3v) is 1.79. The topological polar surface area (TPSA) is 93.3 Å².